The van der Waals surface area contributed by atoms with Crippen LogP contribution in [0.3, 0.4) is 0 Å². The molecule has 0 spiro atoms. The van der Waals surface area contributed by atoms with Crippen molar-refractivity contribution >= 4 is 0 Å². The van der Waals surface area contributed by atoms with Crippen LogP contribution in [0, 0.1) is 6.92 Å². The largest absolute Gasteiger partial charge is 0.387 e. The highest BCUT2D eigenvalue weighted by Crippen LogP contribution is 2.13. The number of aliphatic hydroxyl groups excluding tert-OH is 1. The van der Waals surface area contributed by atoms with Gasteiger partial charge >= 0.3 is 0 Å². The molecule has 0 amide bonds. The number of aliphatic hydroxyl groups is 1. The lowest BCUT2D eigenvalue weighted by molar-refractivity contribution is 0.146. The maximum Gasteiger partial charge on any atom is 0.0914 e. The van der Waals surface area contributed by atoms with Crippen LogP contribution in [0.25, 0.3) is 0 Å². The molecule has 0 aromatic heterocycles. The third kappa shape index (κ3) is 3.95. The zero-order valence-corrected chi connectivity index (χ0v) is 10.9. The fourth-order valence-corrected chi connectivity index (χ4v) is 2.10. The van der Waals surface area contributed by atoms with Crippen molar-refractivity contribution in [3.63, 3.8) is 0 Å². The zero-order valence-electron chi connectivity index (χ0n) is 10.9. The van der Waals surface area contributed by atoms with E-state index in [2.05, 4.69) is 11.4 Å². The number of hydrogen-bond acceptors (Lipinski definition) is 3. The predicted octanol–water partition coefficient (Wildman–Crippen LogP) is 1.96. The molecule has 0 saturated carbocycles. The summed E-state index contributed by atoms with van der Waals surface area (Å²) in [6.07, 6.45) is 2.77. The van der Waals surface area contributed by atoms with Crippen molar-refractivity contribution in [1.82, 2.24) is 5.32 Å². The lowest BCUT2D eigenvalue weighted by atomic mass is 10.1. The van der Waals surface area contributed by atoms with Crippen LogP contribution in [-0.4, -0.2) is 31.4 Å². The van der Waals surface area contributed by atoms with Gasteiger partial charge in [0.25, 0.3) is 0 Å². The molecular weight excluding hydrogens is 226 g/mol. The van der Waals surface area contributed by atoms with Gasteiger partial charge in [-0.2, -0.15) is 0 Å². The van der Waals surface area contributed by atoms with E-state index in [1.807, 2.05) is 31.2 Å². The first-order valence-corrected chi connectivity index (χ1v) is 6.46. The Morgan fingerprint density at radius 1 is 1.44 bits per heavy atom. The number of ether oxygens (including phenoxy) is 1. The molecule has 0 radical (unpaired) electrons. The Morgan fingerprint density at radius 3 is 3.06 bits per heavy atom. The van der Waals surface area contributed by atoms with Gasteiger partial charge < -0.3 is 15.2 Å². The van der Waals surface area contributed by atoms with Crippen LogP contribution >= 0.6 is 0 Å². The minimum absolute atomic E-state index is 0.449. The van der Waals surface area contributed by atoms with E-state index in [1.54, 1.807) is 0 Å². The lowest BCUT2D eigenvalue weighted by Gasteiger charge is -2.16. The quantitative estimate of drug-likeness (QED) is 0.782. The molecule has 3 nitrogen and oxygen atoms in total. The van der Waals surface area contributed by atoms with Crippen molar-refractivity contribution in [2.24, 2.45) is 0 Å². The van der Waals surface area contributed by atoms with E-state index in [0.717, 1.165) is 25.1 Å². The standard InChI is InChI=1S/C15H21NO2/c1-12-4-2-6-14(8-12)15(17)10-16-9-13-5-3-7-18-11-13/h2,4-6,8,15-17H,3,7,9-11H2,1H3. The summed E-state index contributed by atoms with van der Waals surface area (Å²) in [6.45, 7) is 4.94. The van der Waals surface area contributed by atoms with Crippen molar-refractivity contribution in [3.8, 4) is 0 Å². The maximum atomic E-state index is 10.1. The fraction of sp³-hybridized carbons (Fsp3) is 0.467. The molecule has 2 rings (SSSR count). The topological polar surface area (TPSA) is 41.5 Å². The highest BCUT2D eigenvalue weighted by Gasteiger charge is 2.08. The van der Waals surface area contributed by atoms with Gasteiger partial charge in [0, 0.05) is 13.1 Å². The van der Waals surface area contributed by atoms with Gasteiger partial charge in [0.2, 0.25) is 0 Å². The normalized spacial score (nSPS) is 17.3. The molecule has 1 aliphatic rings. The minimum atomic E-state index is -0.449. The van der Waals surface area contributed by atoms with Crippen molar-refractivity contribution in [3.05, 3.63) is 47.0 Å². The average Bonchev–Trinajstić information content (AvgIpc) is 2.40. The van der Waals surface area contributed by atoms with Crippen molar-refractivity contribution in [1.29, 1.82) is 0 Å². The number of hydrogen-bond donors (Lipinski definition) is 2. The molecule has 3 heteroatoms. The van der Waals surface area contributed by atoms with E-state index in [0.29, 0.717) is 13.2 Å². The van der Waals surface area contributed by atoms with Crippen LogP contribution in [0.2, 0.25) is 0 Å². The van der Waals surface area contributed by atoms with Crippen LogP contribution in [0.4, 0.5) is 0 Å². The second-order valence-electron chi connectivity index (χ2n) is 4.76. The van der Waals surface area contributed by atoms with Gasteiger partial charge in [-0.3, -0.25) is 0 Å². The van der Waals surface area contributed by atoms with Gasteiger partial charge in [0.15, 0.2) is 0 Å². The summed E-state index contributed by atoms with van der Waals surface area (Å²) in [5.41, 5.74) is 3.42. The Morgan fingerprint density at radius 2 is 2.33 bits per heavy atom. The Balaban J connectivity index is 1.77. The molecule has 1 aliphatic heterocycles. The summed E-state index contributed by atoms with van der Waals surface area (Å²) >= 11 is 0. The summed E-state index contributed by atoms with van der Waals surface area (Å²) in [5, 5.41) is 13.3. The van der Waals surface area contributed by atoms with Gasteiger partial charge in [0.1, 0.15) is 0 Å². The van der Waals surface area contributed by atoms with Crippen LogP contribution in [-0.2, 0) is 4.74 Å². The van der Waals surface area contributed by atoms with Gasteiger partial charge in [-0.05, 0) is 24.5 Å². The van der Waals surface area contributed by atoms with Gasteiger partial charge in [-0.25, -0.2) is 0 Å². The van der Waals surface area contributed by atoms with Crippen molar-refractivity contribution in [2.75, 3.05) is 26.3 Å². The summed E-state index contributed by atoms with van der Waals surface area (Å²) in [6, 6.07) is 8.00. The van der Waals surface area contributed by atoms with Gasteiger partial charge in [-0.1, -0.05) is 35.9 Å². The summed E-state index contributed by atoms with van der Waals surface area (Å²) in [4.78, 5) is 0. The maximum absolute atomic E-state index is 10.1. The minimum Gasteiger partial charge on any atom is -0.387 e. The highest BCUT2D eigenvalue weighted by molar-refractivity contribution is 5.24. The van der Waals surface area contributed by atoms with Crippen LogP contribution in [0.1, 0.15) is 23.7 Å². The molecule has 2 N–H and O–H groups in total. The third-order valence-corrected chi connectivity index (χ3v) is 3.10. The first-order valence-electron chi connectivity index (χ1n) is 6.46. The molecule has 0 fully saturated rings. The summed E-state index contributed by atoms with van der Waals surface area (Å²) in [7, 11) is 0. The number of rotatable bonds is 5. The molecule has 1 unspecified atom stereocenters. The number of benzene rings is 1. The summed E-state index contributed by atoms with van der Waals surface area (Å²) in [5.74, 6) is 0. The van der Waals surface area contributed by atoms with E-state index in [9.17, 15) is 5.11 Å². The smallest absolute Gasteiger partial charge is 0.0914 e. The zero-order chi connectivity index (χ0) is 12.8. The van der Waals surface area contributed by atoms with E-state index in [-0.39, 0.29) is 0 Å². The molecule has 18 heavy (non-hydrogen) atoms. The molecule has 0 saturated heterocycles. The second kappa shape index (κ2) is 6.69. The van der Waals surface area contributed by atoms with Crippen molar-refractivity contribution < 1.29 is 9.84 Å². The predicted molar refractivity (Wildman–Crippen MR) is 72.5 cm³/mol. The monoisotopic (exact) mass is 247 g/mol. The van der Waals surface area contributed by atoms with Gasteiger partial charge in [-0.15, -0.1) is 0 Å². The molecule has 1 aromatic carbocycles. The first kappa shape index (κ1) is 13.3. The highest BCUT2D eigenvalue weighted by atomic mass is 16.5. The van der Waals surface area contributed by atoms with E-state index >= 15 is 0 Å². The Labute approximate surface area is 108 Å². The molecule has 0 bridgehead atoms. The molecule has 98 valence electrons. The molecule has 0 aliphatic carbocycles. The average molecular weight is 247 g/mol. The van der Waals surface area contributed by atoms with Crippen LogP contribution in [0.15, 0.2) is 35.9 Å². The van der Waals surface area contributed by atoms with Gasteiger partial charge in [0.05, 0.1) is 19.3 Å². The molecule has 1 atom stereocenters. The fourth-order valence-electron chi connectivity index (χ4n) is 2.10. The van der Waals surface area contributed by atoms with E-state index < -0.39 is 6.10 Å². The number of aryl methyl sites for hydroxylation is 1. The summed E-state index contributed by atoms with van der Waals surface area (Å²) < 4.78 is 5.37. The Hall–Kier alpha value is -1.16. The lowest BCUT2D eigenvalue weighted by Crippen LogP contribution is -2.26. The molecule has 1 heterocycles. The van der Waals surface area contributed by atoms with Crippen molar-refractivity contribution in [2.45, 2.75) is 19.4 Å². The van der Waals surface area contributed by atoms with E-state index in [1.165, 1.54) is 11.1 Å². The van der Waals surface area contributed by atoms with Crippen LogP contribution < -0.4 is 5.32 Å². The third-order valence-electron chi connectivity index (χ3n) is 3.10. The molecule has 1 aromatic rings. The van der Waals surface area contributed by atoms with E-state index in [4.69, 9.17) is 4.74 Å². The van der Waals surface area contributed by atoms with Crippen LogP contribution in [0.5, 0.6) is 0 Å². The Kier molecular flexibility index (Phi) is 4.93. The SMILES string of the molecule is Cc1cccc(C(O)CNCC2=CCCOC2)c1. The Bertz CT molecular complexity index is 415. The number of nitrogens with one attached hydrogen (secondary N) is 1. The second-order valence-corrected chi connectivity index (χ2v) is 4.76. The first-order chi connectivity index (χ1) is 8.75. The molecular formula is C15H21NO2.